The second-order valence-electron chi connectivity index (χ2n) is 3.75. The van der Waals surface area contributed by atoms with Gasteiger partial charge in [-0.1, -0.05) is 0 Å². The number of ether oxygens (including phenoxy) is 1. The van der Waals surface area contributed by atoms with E-state index in [9.17, 15) is 0 Å². The first-order chi connectivity index (χ1) is 6.77. The molecule has 0 spiro atoms. The van der Waals surface area contributed by atoms with Gasteiger partial charge < -0.3 is 10.5 Å². The van der Waals surface area contributed by atoms with Crippen LogP contribution in [-0.4, -0.2) is 13.2 Å². The second-order valence-corrected chi connectivity index (χ2v) is 5.34. The molecule has 0 amide bonds. The fourth-order valence-electron chi connectivity index (χ4n) is 1.81. The molecule has 78 valence electrons. The highest BCUT2D eigenvalue weighted by atomic mass is 79.9. The molecule has 1 aromatic heterocycles. The minimum absolute atomic E-state index is 0.155. The van der Waals surface area contributed by atoms with Gasteiger partial charge in [-0.15, -0.1) is 0 Å². The largest absolute Gasteiger partial charge is 0.381 e. The fourth-order valence-corrected chi connectivity index (χ4v) is 3.47. The Morgan fingerprint density at radius 1 is 1.64 bits per heavy atom. The molecule has 2 unspecified atom stereocenters. The van der Waals surface area contributed by atoms with E-state index in [4.69, 9.17) is 10.5 Å². The third-order valence-corrected chi connectivity index (χ3v) is 4.40. The van der Waals surface area contributed by atoms with Crippen LogP contribution in [-0.2, 0) is 4.74 Å². The summed E-state index contributed by atoms with van der Waals surface area (Å²) < 4.78 is 6.49. The van der Waals surface area contributed by atoms with Crippen LogP contribution < -0.4 is 5.73 Å². The first-order valence-electron chi connectivity index (χ1n) is 4.82. The van der Waals surface area contributed by atoms with Gasteiger partial charge in [0, 0.05) is 29.1 Å². The van der Waals surface area contributed by atoms with Crippen molar-refractivity contribution in [2.45, 2.75) is 18.9 Å². The quantitative estimate of drug-likeness (QED) is 0.921. The normalized spacial score (nSPS) is 24.0. The second kappa shape index (κ2) is 4.75. The molecule has 0 saturated carbocycles. The number of hydrogen-bond donors (Lipinski definition) is 1. The Labute approximate surface area is 96.6 Å². The smallest absolute Gasteiger partial charge is 0.0495 e. The van der Waals surface area contributed by atoms with Gasteiger partial charge in [0.15, 0.2) is 0 Å². The number of nitrogens with two attached hydrogens (primary N) is 1. The molecule has 1 fully saturated rings. The van der Waals surface area contributed by atoms with Crippen molar-refractivity contribution in [1.82, 2.24) is 0 Å². The third-order valence-electron chi connectivity index (χ3n) is 2.65. The van der Waals surface area contributed by atoms with Crippen molar-refractivity contribution >= 4 is 27.3 Å². The van der Waals surface area contributed by atoms with Crippen LogP contribution in [0.1, 0.15) is 24.4 Å². The van der Waals surface area contributed by atoms with Gasteiger partial charge in [-0.05, 0) is 45.6 Å². The van der Waals surface area contributed by atoms with E-state index < -0.39 is 0 Å². The molecule has 1 saturated heterocycles. The minimum atomic E-state index is 0.155. The Morgan fingerprint density at radius 3 is 3.07 bits per heavy atom. The monoisotopic (exact) mass is 275 g/mol. The molecule has 2 heterocycles. The van der Waals surface area contributed by atoms with Crippen molar-refractivity contribution in [3.63, 3.8) is 0 Å². The summed E-state index contributed by atoms with van der Waals surface area (Å²) in [6.07, 6.45) is 2.20. The molecule has 1 aliphatic rings. The molecule has 0 radical (unpaired) electrons. The molecule has 0 aliphatic carbocycles. The summed E-state index contributed by atoms with van der Waals surface area (Å²) in [6.45, 7) is 1.79. The SMILES string of the molecule is NC(CC1CCOC1)c1cscc1Br. The molecule has 0 aromatic carbocycles. The van der Waals surface area contributed by atoms with Crippen molar-refractivity contribution in [3.8, 4) is 0 Å². The van der Waals surface area contributed by atoms with Gasteiger partial charge in [-0.3, -0.25) is 0 Å². The van der Waals surface area contributed by atoms with E-state index >= 15 is 0 Å². The van der Waals surface area contributed by atoms with Gasteiger partial charge in [-0.25, -0.2) is 0 Å². The molecule has 1 aromatic rings. The molecule has 2 nitrogen and oxygen atoms in total. The zero-order chi connectivity index (χ0) is 9.97. The van der Waals surface area contributed by atoms with Gasteiger partial charge in [-0.2, -0.15) is 11.3 Å². The maximum atomic E-state index is 6.14. The molecule has 4 heteroatoms. The highest BCUT2D eigenvalue weighted by Gasteiger charge is 2.20. The summed E-state index contributed by atoms with van der Waals surface area (Å²) in [5, 5.41) is 4.21. The van der Waals surface area contributed by atoms with E-state index in [0.29, 0.717) is 5.92 Å². The van der Waals surface area contributed by atoms with Crippen LogP contribution in [0, 0.1) is 5.92 Å². The zero-order valence-corrected chi connectivity index (χ0v) is 10.3. The van der Waals surface area contributed by atoms with E-state index in [2.05, 4.69) is 26.7 Å². The van der Waals surface area contributed by atoms with E-state index in [-0.39, 0.29) is 6.04 Å². The summed E-state index contributed by atoms with van der Waals surface area (Å²) in [5.41, 5.74) is 7.38. The predicted octanol–water partition coefficient (Wildman–Crippen LogP) is 2.94. The molecular formula is C10H14BrNOS. The molecule has 0 bridgehead atoms. The maximum absolute atomic E-state index is 6.14. The standard InChI is InChI=1S/C10H14BrNOS/c11-9-6-14-5-8(9)10(12)3-7-1-2-13-4-7/h5-7,10H,1-4,12H2. The number of halogens is 1. The van der Waals surface area contributed by atoms with E-state index in [1.165, 1.54) is 5.56 Å². The highest BCUT2D eigenvalue weighted by Crippen LogP contribution is 2.31. The van der Waals surface area contributed by atoms with E-state index in [0.717, 1.165) is 30.5 Å². The topological polar surface area (TPSA) is 35.2 Å². The van der Waals surface area contributed by atoms with Crippen molar-refractivity contribution < 1.29 is 4.74 Å². The number of rotatable bonds is 3. The lowest BCUT2D eigenvalue weighted by molar-refractivity contribution is 0.182. The summed E-state index contributed by atoms with van der Waals surface area (Å²) >= 11 is 5.21. The van der Waals surface area contributed by atoms with Crippen LogP contribution in [0.25, 0.3) is 0 Å². The Kier molecular flexibility index (Phi) is 3.60. The van der Waals surface area contributed by atoms with Crippen molar-refractivity contribution in [2.75, 3.05) is 13.2 Å². The van der Waals surface area contributed by atoms with Crippen LogP contribution in [0.2, 0.25) is 0 Å². The van der Waals surface area contributed by atoms with Crippen LogP contribution in [0.5, 0.6) is 0 Å². The average molecular weight is 276 g/mol. The van der Waals surface area contributed by atoms with Gasteiger partial charge in [0.1, 0.15) is 0 Å². The third kappa shape index (κ3) is 2.37. The Balaban J connectivity index is 1.95. The summed E-state index contributed by atoms with van der Waals surface area (Å²) in [6, 6.07) is 0.155. The van der Waals surface area contributed by atoms with E-state index in [1.54, 1.807) is 11.3 Å². The van der Waals surface area contributed by atoms with Crippen molar-refractivity contribution in [3.05, 3.63) is 20.8 Å². The Morgan fingerprint density at radius 2 is 2.50 bits per heavy atom. The first kappa shape index (κ1) is 10.6. The van der Waals surface area contributed by atoms with Gasteiger partial charge in [0.05, 0.1) is 0 Å². The summed E-state index contributed by atoms with van der Waals surface area (Å²) in [5.74, 6) is 0.650. The van der Waals surface area contributed by atoms with Gasteiger partial charge >= 0.3 is 0 Å². The van der Waals surface area contributed by atoms with Crippen LogP contribution in [0.4, 0.5) is 0 Å². The Hall–Kier alpha value is 0.100. The first-order valence-corrected chi connectivity index (χ1v) is 6.56. The molecule has 1 aliphatic heterocycles. The highest BCUT2D eigenvalue weighted by molar-refractivity contribution is 9.10. The minimum Gasteiger partial charge on any atom is -0.381 e. The predicted molar refractivity (Wildman–Crippen MR) is 62.5 cm³/mol. The average Bonchev–Trinajstić information content (AvgIpc) is 2.75. The summed E-state index contributed by atoms with van der Waals surface area (Å²) in [4.78, 5) is 0. The van der Waals surface area contributed by atoms with Crippen LogP contribution in [0.3, 0.4) is 0 Å². The summed E-state index contributed by atoms with van der Waals surface area (Å²) in [7, 11) is 0. The fraction of sp³-hybridized carbons (Fsp3) is 0.600. The van der Waals surface area contributed by atoms with E-state index in [1.807, 2.05) is 0 Å². The number of hydrogen-bond acceptors (Lipinski definition) is 3. The lowest BCUT2D eigenvalue weighted by Gasteiger charge is -2.14. The van der Waals surface area contributed by atoms with Gasteiger partial charge in [0.25, 0.3) is 0 Å². The van der Waals surface area contributed by atoms with Crippen LogP contribution in [0.15, 0.2) is 15.2 Å². The lowest BCUT2D eigenvalue weighted by Crippen LogP contribution is -2.15. The molecule has 2 rings (SSSR count). The Bertz CT molecular complexity index is 296. The maximum Gasteiger partial charge on any atom is 0.0495 e. The zero-order valence-electron chi connectivity index (χ0n) is 7.91. The van der Waals surface area contributed by atoms with Crippen molar-refractivity contribution in [2.24, 2.45) is 11.7 Å². The molecular weight excluding hydrogens is 262 g/mol. The van der Waals surface area contributed by atoms with Gasteiger partial charge in [0.2, 0.25) is 0 Å². The van der Waals surface area contributed by atoms with Crippen molar-refractivity contribution in [1.29, 1.82) is 0 Å². The molecule has 14 heavy (non-hydrogen) atoms. The molecule has 2 N–H and O–H groups in total. The molecule has 2 atom stereocenters. The number of thiophene rings is 1. The lowest BCUT2D eigenvalue weighted by atomic mass is 9.96. The van der Waals surface area contributed by atoms with Crippen LogP contribution >= 0.6 is 27.3 Å².